The molecule has 0 heterocycles. The summed E-state index contributed by atoms with van der Waals surface area (Å²) in [6, 6.07) is 12.5. The standard InChI is InChI=1S/C16H18BrNO3S/c1-12-3-6-14(7-4-12)22(19,20)18-10-9-13-5-8-16(21-2)15(17)11-13/h3-8,11,18H,9-10H2,1-2H3. The average molecular weight is 384 g/mol. The van der Waals surface area contributed by atoms with Crippen molar-refractivity contribution in [1.82, 2.24) is 4.72 Å². The summed E-state index contributed by atoms with van der Waals surface area (Å²) in [6.45, 7) is 2.26. The monoisotopic (exact) mass is 383 g/mol. The topological polar surface area (TPSA) is 55.4 Å². The molecular weight excluding hydrogens is 366 g/mol. The van der Waals surface area contributed by atoms with Crippen LogP contribution in [-0.4, -0.2) is 22.1 Å². The van der Waals surface area contributed by atoms with Gasteiger partial charge in [-0.3, -0.25) is 0 Å². The van der Waals surface area contributed by atoms with Crippen LogP contribution in [0, 0.1) is 6.92 Å². The molecule has 0 amide bonds. The molecule has 0 aliphatic carbocycles. The number of methoxy groups -OCH3 is 1. The molecule has 6 heteroatoms. The third-order valence-corrected chi connectivity index (χ3v) is 5.35. The highest BCUT2D eigenvalue weighted by Crippen LogP contribution is 2.25. The molecule has 0 atom stereocenters. The third-order valence-electron chi connectivity index (χ3n) is 3.25. The Bertz CT molecular complexity index is 742. The first-order valence-corrected chi connectivity index (χ1v) is 9.09. The third kappa shape index (κ3) is 4.32. The van der Waals surface area contributed by atoms with E-state index in [4.69, 9.17) is 4.74 Å². The van der Waals surface area contributed by atoms with Gasteiger partial charge in [-0.1, -0.05) is 23.8 Å². The maximum atomic E-state index is 12.2. The Morgan fingerprint density at radius 3 is 2.41 bits per heavy atom. The van der Waals surface area contributed by atoms with Crippen LogP contribution in [-0.2, 0) is 16.4 Å². The van der Waals surface area contributed by atoms with Crippen molar-refractivity contribution in [2.45, 2.75) is 18.2 Å². The molecule has 0 radical (unpaired) electrons. The molecule has 22 heavy (non-hydrogen) atoms. The molecule has 0 saturated carbocycles. The van der Waals surface area contributed by atoms with E-state index in [0.29, 0.717) is 13.0 Å². The van der Waals surface area contributed by atoms with E-state index in [1.807, 2.05) is 25.1 Å². The van der Waals surface area contributed by atoms with Crippen LogP contribution in [0.1, 0.15) is 11.1 Å². The Kier molecular flexibility index (Phi) is 5.61. The quantitative estimate of drug-likeness (QED) is 0.832. The summed E-state index contributed by atoms with van der Waals surface area (Å²) in [5.74, 6) is 0.754. The summed E-state index contributed by atoms with van der Waals surface area (Å²) in [5.41, 5.74) is 2.06. The number of rotatable bonds is 6. The minimum atomic E-state index is -3.46. The second-order valence-corrected chi connectivity index (χ2v) is 7.55. The average Bonchev–Trinajstić information content (AvgIpc) is 2.48. The van der Waals surface area contributed by atoms with Crippen molar-refractivity contribution in [3.05, 3.63) is 58.1 Å². The zero-order valence-electron chi connectivity index (χ0n) is 12.5. The molecule has 4 nitrogen and oxygen atoms in total. The van der Waals surface area contributed by atoms with Gasteiger partial charge in [-0.2, -0.15) is 0 Å². The van der Waals surface area contributed by atoms with Gasteiger partial charge in [0.2, 0.25) is 10.0 Å². The van der Waals surface area contributed by atoms with Crippen LogP contribution in [0.3, 0.4) is 0 Å². The Morgan fingerprint density at radius 1 is 1.14 bits per heavy atom. The van der Waals surface area contributed by atoms with Gasteiger partial charge in [0.1, 0.15) is 5.75 Å². The Morgan fingerprint density at radius 2 is 1.82 bits per heavy atom. The van der Waals surface area contributed by atoms with E-state index in [1.165, 1.54) is 0 Å². The molecule has 0 aromatic heterocycles. The van der Waals surface area contributed by atoms with Gasteiger partial charge in [0, 0.05) is 6.54 Å². The maximum Gasteiger partial charge on any atom is 0.240 e. The van der Waals surface area contributed by atoms with E-state index in [1.54, 1.807) is 31.4 Å². The van der Waals surface area contributed by atoms with Crippen LogP contribution in [0.4, 0.5) is 0 Å². The van der Waals surface area contributed by atoms with Gasteiger partial charge in [-0.25, -0.2) is 13.1 Å². The predicted octanol–water partition coefficient (Wildman–Crippen LogP) is 3.29. The van der Waals surface area contributed by atoms with E-state index in [2.05, 4.69) is 20.7 Å². The molecule has 0 bridgehead atoms. The maximum absolute atomic E-state index is 12.2. The lowest BCUT2D eigenvalue weighted by Crippen LogP contribution is -2.26. The van der Waals surface area contributed by atoms with Crippen LogP contribution in [0.15, 0.2) is 51.8 Å². The summed E-state index contributed by atoms with van der Waals surface area (Å²) < 4.78 is 33.0. The summed E-state index contributed by atoms with van der Waals surface area (Å²) >= 11 is 3.42. The van der Waals surface area contributed by atoms with Gasteiger partial charge in [0.15, 0.2) is 0 Å². The molecule has 1 N–H and O–H groups in total. The predicted molar refractivity (Wildman–Crippen MR) is 90.8 cm³/mol. The van der Waals surface area contributed by atoms with Gasteiger partial charge in [-0.15, -0.1) is 0 Å². The van der Waals surface area contributed by atoms with Gasteiger partial charge >= 0.3 is 0 Å². The van der Waals surface area contributed by atoms with E-state index in [0.717, 1.165) is 21.3 Å². The van der Waals surface area contributed by atoms with Gasteiger partial charge in [0.25, 0.3) is 0 Å². The van der Waals surface area contributed by atoms with Crippen molar-refractivity contribution in [1.29, 1.82) is 0 Å². The van der Waals surface area contributed by atoms with Gasteiger partial charge < -0.3 is 4.74 Å². The largest absolute Gasteiger partial charge is 0.496 e. The lowest BCUT2D eigenvalue weighted by atomic mass is 10.1. The Hall–Kier alpha value is -1.37. The van der Waals surface area contributed by atoms with Crippen LogP contribution in [0.25, 0.3) is 0 Å². The van der Waals surface area contributed by atoms with Crippen molar-refractivity contribution >= 4 is 26.0 Å². The number of benzene rings is 2. The summed E-state index contributed by atoms with van der Waals surface area (Å²) in [6.07, 6.45) is 0.605. The number of ether oxygens (including phenoxy) is 1. The highest BCUT2D eigenvalue weighted by molar-refractivity contribution is 9.10. The molecule has 0 aliphatic heterocycles. The van der Waals surface area contributed by atoms with Crippen molar-refractivity contribution in [3.63, 3.8) is 0 Å². The fraction of sp³-hybridized carbons (Fsp3) is 0.250. The number of halogens is 1. The van der Waals surface area contributed by atoms with Gasteiger partial charge in [-0.05, 0) is 59.1 Å². The molecule has 0 saturated heterocycles. The van der Waals surface area contributed by atoms with E-state index < -0.39 is 10.0 Å². The molecule has 118 valence electrons. The molecule has 2 rings (SSSR count). The second-order valence-electron chi connectivity index (χ2n) is 4.93. The Balaban J connectivity index is 1.98. The van der Waals surface area contributed by atoms with Crippen LogP contribution >= 0.6 is 15.9 Å². The normalized spacial score (nSPS) is 11.4. The first kappa shape index (κ1) is 17.0. The molecule has 2 aromatic carbocycles. The molecule has 0 unspecified atom stereocenters. The van der Waals surface area contributed by atoms with Crippen LogP contribution in [0.2, 0.25) is 0 Å². The summed E-state index contributed by atoms with van der Waals surface area (Å²) in [7, 11) is -1.85. The van der Waals surface area contributed by atoms with E-state index in [9.17, 15) is 8.42 Å². The molecule has 0 aliphatic rings. The van der Waals surface area contributed by atoms with Crippen LogP contribution in [0.5, 0.6) is 5.75 Å². The first-order valence-electron chi connectivity index (χ1n) is 6.81. The number of hydrogen-bond acceptors (Lipinski definition) is 3. The van der Waals surface area contributed by atoms with Crippen LogP contribution < -0.4 is 9.46 Å². The zero-order chi connectivity index (χ0) is 16.2. The van der Waals surface area contributed by atoms with Crippen molar-refractivity contribution in [3.8, 4) is 5.75 Å². The zero-order valence-corrected chi connectivity index (χ0v) is 14.9. The fourth-order valence-corrected chi connectivity index (χ4v) is 3.62. The highest BCUT2D eigenvalue weighted by atomic mass is 79.9. The summed E-state index contributed by atoms with van der Waals surface area (Å²) in [5, 5.41) is 0. The molecule has 0 fully saturated rings. The number of nitrogens with one attached hydrogen (secondary N) is 1. The van der Waals surface area contributed by atoms with Crippen molar-refractivity contribution in [2.24, 2.45) is 0 Å². The Labute approximate surface area is 139 Å². The number of aryl methyl sites for hydroxylation is 1. The summed E-state index contributed by atoms with van der Waals surface area (Å²) in [4.78, 5) is 0.286. The minimum Gasteiger partial charge on any atom is -0.496 e. The van der Waals surface area contributed by atoms with E-state index in [-0.39, 0.29) is 4.90 Å². The van der Waals surface area contributed by atoms with Crippen molar-refractivity contribution in [2.75, 3.05) is 13.7 Å². The number of sulfonamides is 1. The fourth-order valence-electron chi connectivity index (χ4n) is 2.00. The van der Waals surface area contributed by atoms with Gasteiger partial charge in [0.05, 0.1) is 16.5 Å². The van der Waals surface area contributed by atoms with E-state index >= 15 is 0 Å². The lowest BCUT2D eigenvalue weighted by molar-refractivity contribution is 0.412. The van der Waals surface area contributed by atoms with Crippen molar-refractivity contribution < 1.29 is 13.2 Å². The lowest BCUT2D eigenvalue weighted by Gasteiger charge is -2.09. The second kappa shape index (κ2) is 7.26. The molecule has 0 spiro atoms. The number of hydrogen-bond donors (Lipinski definition) is 1. The smallest absolute Gasteiger partial charge is 0.240 e. The first-order chi connectivity index (χ1) is 10.4. The highest BCUT2D eigenvalue weighted by Gasteiger charge is 2.12. The molecular formula is C16H18BrNO3S. The molecule has 2 aromatic rings. The minimum absolute atomic E-state index is 0.286. The SMILES string of the molecule is COc1ccc(CCNS(=O)(=O)c2ccc(C)cc2)cc1Br.